The molecule has 0 fully saturated rings. The largest absolute Gasteiger partial charge is 0.457 e. The van der Waals surface area contributed by atoms with Crippen LogP contribution in [0.15, 0.2) is 59.0 Å². The Balaban J connectivity index is 1.48. The molecule has 2 heterocycles. The van der Waals surface area contributed by atoms with Crippen molar-refractivity contribution in [1.82, 2.24) is 15.2 Å². The zero-order valence-electron chi connectivity index (χ0n) is 15.2. The molecule has 2 aromatic carbocycles. The highest BCUT2D eigenvalue weighted by atomic mass is 32.1. The average molecular weight is 392 g/mol. The lowest BCUT2D eigenvalue weighted by Gasteiger charge is -2.07. The predicted molar refractivity (Wildman–Crippen MR) is 106 cm³/mol. The second-order valence-corrected chi connectivity index (χ2v) is 7.16. The van der Waals surface area contributed by atoms with Crippen molar-refractivity contribution in [2.75, 3.05) is 5.32 Å². The topological polar surface area (TPSA) is 90.1 Å². The van der Waals surface area contributed by atoms with E-state index in [-0.39, 0.29) is 11.9 Å². The fourth-order valence-corrected chi connectivity index (χ4v) is 3.43. The lowest BCUT2D eigenvalue weighted by atomic mass is 10.2. The summed E-state index contributed by atoms with van der Waals surface area (Å²) in [6.45, 7) is 3.78. The van der Waals surface area contributed by atoms with Gasteiger partial charge in [-0.1, -0.05) is 29.4 Å². The maximum atomic E-state index is 12.5. The van der Waals surface area contributed by atoms with Crippen LogP contribution in [0.5, 0.6) is 11.5 Å². The van der Waals surface area contributed by atoms with Crippen LogP contribution in [0, 0.1) is 13.8 Å². The van der Waals surface area contributed by atoms with Gasteiger partial charge in [-0.2, -0.15) is 0 Å². The lowest BCUT2D eigenvalue weighted by molar-refractivity contribution is 0.102. The van der Waals surface area contributed by atoms with Crippen LogP contribution in [0.4, 0.5) is 6.01 Å². The van der Waals surface area contributed by atoms with Crippen LogP contribution in [-0.2, 0) is 0 Å². The first kappa shape index (κ1) is 17.9. The smallest absolute Gasteiger partial charge is 0.322 e. The summed E-state index contributed by atoms with van der Waals surface area (Å²) in [5, 5.41) is 11.4. The number of aromatic nitrogens is 3. The molecule has 8 heteroatoms. The molecule has 2 aromatic heterocycles. The van der Waals surface area contributed by atoms with E-state index < -0.39 is 0 Å². The van der Waals surface area contributed by atoms with Gasteiger partial charge >= 0.3 is 6.01 Å². The molecule has 7 nitrogen and oxygen atoms in total. The summed E-state index contributed by atoms with van der Waals surface area (Å²) in [6, 6.07) is 16.2. The van der Waals surface area contributed by atoms with Crippen LogP contribution in [0.25, 0.3) is 10.8 Å². The van der Waals surface area contributed by atoms with E-state index in [1.807, 2.05) is 44.2 Å². The highest BCUT2D eigenvalue weighted by Gasteiger charge is 2.17. The zero-order chi connectivity index (χ0) is 19.5. The van der Waals surface area contributed by atoms with Gasteiger partial charge in [-0.15, -0.1) is 16.4 Å². The maximum absolute atomic E-state index is 12.5. The average Bonchev–Trinajstić information content (AvgIpc) is 3.28. The molecule has 0 unspecified atom stereocenters. The lowest BCUT2D eigenvalue weighted by Crippen LogP contribution is -2.12. The summed E-state index contributed by atoms with van der Waals surface area (Å²) in [4.78, 5) is 17.7. The number of nitrogens with one attached hydrogen (secondary N) is 1. The van der Waals surface area contributed by atoms with E-state index in [9.17, 15) is 4.79 Å². The Labute approximate surface area is 165 Å². The molecule has 0 saturated carbocycles. The number of carbonyl (C=O) groups is 1. The molecule has 0 saturated heterocycles. The summed E-state index contributed by atoms with van der Waals surface area (Å²) in [7, 11) is 0. The summed E-state index contributed by atoms with van der Waals surface area (Å²) in [6.07, 6.45) is 0. The third kappa shape index (κ3) is 3.91. The van der Waals surface area contributed by atoms with E-state index in [1.165, 1.54) is 11.3 Å². The van der Waals surface area contributed by atoms with Gasteiger partial charge < -0.3 is 9.15 Å². The number of benzene rings is 2. The van der Waals surface area contributed by atoms with E-state index in [0.717, 1.165) is 15.6 Å². The molecular formula is C20H16N4O3S. The number of para-hydroxylation sites is 1. The minimum Gasteiger partial charge on any atom is -0.457 e. The second kappa shape index (κ2) is 7.61. The predicted octanol–water partition coefficient (Wildman–Crippen LogP) is 4.85. The van der Waals surface area contributed by atoms with Gasteiger partial charge in [-0.3, -0.25) is 10.1 Å². The molecule has 0 aliphatic carbocycles. The summed E-state index contributed by atoms with van der Waals surface area (Å²) in [5.74, 6) is 1.21. The first-order valence-electron chi connectivity index (χ1n) is 8.51. The highest BCUT2D eigenvalue weighted by molar-refractivity contribution is 7.15. The van der Waals surface area contributed by atoms with Gasteiger partial charge in [0.2, 0.25) is 0 Å². The van der Waals surface area contributed by atoms with Crippen LogP contribution < -0.4 is 10.1 Å². The molecule has 0 radical (unpaired) electrons. The number of rotatable bonds is 5. The van der Waals surface area contributed by atoms with Crippen molar-refractivity contribution in [1.29, 1.82) is 0 Å². The van der Waals surface area contributed by atoms with Crippen LogP contribution in [-0.4, -0.2) is 21.1 Å². The van der Waals surface area contributed by atoms with Crippen LogP contribution in [0.3, 0.4) is 0 Å². The molecule has 0 spiro atoms. The van der Waals surface area contributed by atoms with Gasteiger partial charge in [0.1, 0.15) is 16.4 Å². The van der Waals surface area contributed by atoms with Gasteiger partial charge in [-0.25, -0.2) is 4.98 Å². The van der Waals surface area contributed by atoms with E-state index in [4.69, 9.17) is 9.15 Å². The minimum atomic E-state index is -0.370. The number of hydrogen-bond acceptors (Lipinski definition) is 7. The van der Waals surface area contributed by atoms with Crippen LogP contribution in [0.1, 0.15) is 21.1 Å². The van der Waals surface area contributed by atoms with E-state index in [2.05, 4.69) is 20.5 Å². The Kier molecular flexibility index (Phi) is 4.86. The fraction of sp³-hybridized carbons (Fsp3) is 0.100. The maximum Gasteiger partial charge on any atom is 0.322 e. The summed E-state index contributed by atoms with van der Waals surface area (Å²) >= 11 is 1.46. The molecule has 4 aromatic rings. The Bertz CT molecular complexity index is 1120. The van der Waals surface area contributed by atoms with Crippen LogP contribution in [0.2, 0.25) is 0 Å². The Morgan fingerprint density at radius 2 is 1.82 bits per heavy atom. The first-order valence-corrected chi connectivity index (χ1v) is 9.32. The van der Waals surface area contributed by atoms with Crippen molar-refractivity contribution in [3.8, 4) is 22.3 Å². The summed E-state index contributed by atoms with van der Waals surface area (Å²) in [5.41, 5.74) is 1.23. The van der Waals surface area contributed by atoms with Crippen molar-refractivity contribution >= 4 is 23.3 Å². The van der Waals surface area contributed by atoms with E-state index in [0.29, 0.717) is 23.0 Å². The van der Waals surface area contributed by atoms with Crippen molar-refractivity contribution in [3.63, 3.8) is 0 Å². The van der Waals surface area contributed by atoms with Gasteiger partial charge in [0.15, 0.2) is 0 Å². The SMILES string of the molecule is Cc1nc(C)c(-c2nnc(NC(=O)c3cccc(Oc4ccccc4)c3)o2)s1. The van der Waals surface area contributed by atoms with Crippen molar-refractivity contribution in [2.45, 2.75) is 13.8 Å². The van der Waals surface area contributed by atoms with Crippen molar-refractivity contribution in [2.24, 2.45) is 0 Å². The monoisotopic (exact) mass is 392 g/mol. The van der Waals surface area contributed by atoms with E-state index >= 15 is 0 Å². The molecule has 0 aliphatic heterocycles. The quantitative estimate of drug-likeness (QED) is 0.522. The third-order valence-corrected chi connectivity index (χ3v) is 4.88. The Morgan fingerprint density at radius 3 is 2.57 bits per heavy atom. The molecule has 140 valence electrons. The van der Waals surface area contributed by atoms with Gasteiger partial charge in [0, 0.05) is 5.56 Å². The number of hydrogen-bond donors (Lipinski definition) is 1. The third-order valence-electron chi connectivity index (χ3n) is 3.82. The van der Waals surface area contributed by atoms with Crippen molar-refractivity contribution in [3.05, 3.63) is 70.9 Å². The normalized spacial score (nSPS) is 10.6. The number of aryl methyl sites for hydroxylation is 2. The molecule has 28 heavy (non-hydrogen) atoms. The number of thiazole rings is 1. The number of nitrogens with zero attached hydrogens (tertiary/aromatic N) is 3. The number of anilines is 1. The van der Waals surface area contributed by atoms with Gasteiger partial charge in [0.05, 0.1) is 10.7 Å². The molecular weight excluding hydrogens is 376 g/mol. The molecule has 0 bridgehead atoms. The highest BCUT2D eigenvalue weighted by Crippen LogP contribution is 2.29. The summed E-state index contributed by atoms with van der Waals surface area (Å²) < 4.78 is 11.3. The van der Waals surface area contributed by atoms with Crippen LogP contribution >= 0.6 is 11.3 Å². The molecule has 1 amide bonds. The standard InChI is InChI=1S/C20H16N4O3S/c1-12-17(28-13(2)21-12)19-23-24-20(27-19)22-18(25)14-7-6-10-16(11-14)26-15-8-4-3-5-9-15/h3-11H,1-2H3,(H,22,24,25). The second-order valence-electron chi connectivity index (χ2n) is 5.96. The molecule has 4 rings (SSSR count). The number of carbonyl (C=O) groups excluding carboxylic acids is 1. The van der Waals surface area contributed by atoms with Gasteiger partial charge in [0.25, 0.3) is 11.8 Å². The first-order chi connectivity index (χ1) is 13.6. The van der Waals surface area contributed by atoms with E-state index in [1.54, 1.807) is 24.3 Å². The minimum absolute atomic E-state index is 0.0276. The molecule has 0 aliphatic rings. The van der Waals surface area contributed by atoms with Crippen molar-refractivity contribution < 1.29 is 13.9 Å². The number of ether oxygens (including phenoxy) is 1. The fourth-order valence-electron chi connectivity index (χ4n) is 2.59. The zero-order valence-corrected chi connectivity index (χ0v) is 16.0. The Morgan fingerprint density at radius 1 is 1.04 bits per heavy atom. The number of amides is 1. The Hall–Kier alpha value is -3.52. The van der Waals surface area contributed by atoms with Gasteiger partial charge in [-0.05, 0) is 44.2 Å². The molecule has 1 N–H and O–H groups in total. The molecule has 0 atom stereocenters.